The number of carbonyl (C=O) groups is 1. The first-order chi connectivity index (χ1) is 17.1. The summed E-state index contributed by atoms with van der Waals surface area (Å²) >= 11 is 0. The Morgan fingerprint density at radius 3 is 1.77 bits per heavy atom. The van der Waals surface area contributed by atoms with E-state index in [9.17, 15) is 4.79 Å². The Hall–Kier alpha value is -4.91. The van der Waals surface area contributed by atoms with Crippen molar-refractivity contribution < 1.29 is 13.6 Å². The lowest BCUT2D eigenvalue weighted by Gasteiger charge is -2.02. The molecule has 2 heterocycles. The molecule has 0 aliphatic heterocycles. The number of carbonyl (C=O) groups excluding carboxylic acids is 1. The van der Waals surface area contributed by atoms with Crippen molar-refractivity contribution in [1.29, 1.82) is 0 Å². The van der Waals surface area contributed by atoms with Gasteiger partial charge in [0.25, 0.3) is 6.01 Å². The molecule has 35 heavy (non-hydrogen) atoms. The van der Waals surface area contributed by atoms with Gasteiger partial charge in [0, 0.05) is 18.1 Å². The number of aromatic nitrogens is 2. The number of hydrogen-bond acceptors (Lipinski definition) is 6. The van der Waals surface area contributed by atoms with Crippen LogP contribution in [0.25, 0.3) is 44.1 Å². The Morgan fingerprint density at radius 2 is 1.23 bits per heavy atom. The molecule has 0 radical (unpaired) electrons. The first-order valence-corrected chi connectivity index (χ1v) is 11.0. The van der Waals surface area contributed by atoms with Crippen LogP contribution in [0.2, 0.25) is 0 Å². The first-order valence-electron chi connectivity index (χ1n) is 11.0. The van der Waals surface area contributed by atoms with Gasteiger partial charge in [0.1, 0.15) is 23.9 Å². The maximum absolute atomic E-state index is 11.0. The molecule has 2 aromatic heterocycles. The Labute approximate surface area is 201 Å². The number of nitrogen functional groups attached to an aromatic ring is 1. The monoisotopic (exact) mass is 462 g/mol. The van der Waals surface area contributed by atoms with Crippen molar-refractivity contribution in [3.05, 3.63) is 97.5 Å². The Bertz CT molecular complexity index is 1620. The number of oxazole rings is 2. The van der Waals surface area contributed by atoms with Crippen LogP contribution in [0.3, 0.4) is 0 Å². The van der Waals surface area contributed by atoms with E-state index in [1.165, 1.54) is 12.3 Å². The summed E-state index contributed by atoms with van der Waals surface area (Å²) in [6.45, 7) is 1.42. The summed E-state index contributed by atoms with van der Waals surface area (Å²) in [6, 6.07) is 28.7. The first kappa shape index (κ1) is 21.9. The van der Waals surface area contributed by atoms with Gasteiger partial charge < -0.3 is 14.6 Å². The highest BCUT2D eigenvalue weighted by atomic mass is 16.4. The average Bonchev–Trinajstić information content (AvgIpc) is 3.52. The summed E-state index contributed by atoms with van der Waals surface area (Å²) in [5.41, 5.74) is 8.99. The van der Waals surface area contributed by atoms with Crippen molar-refractivity contribution in [3.8, 4) is 22.5 Å². The highest BCUT2D eigenvalue weighted by Crippen LogP contribution is 2.29. The van der Waals surface area contributed by atoms with Crippen molar-refractivity contribution in [2.45, 2.75) is 6.92 Å². The van der Waals surface area contributed by atoms with E-state index >= 15 is 0 Å². The predicted octanol–water partition coefficient (Wildman–Crippen LogP) is 6.53. The normalized spacial score (nSPS) is 10.7. The molecule has 172 valence electrons. The van der Waals surface area contributed by atoms with E-state index in [4.69, 9.17) is 14.6 Å². The predicted molar refractivity (Wildman–Crippen MR) is 138 cm³/mol. The third kappa shape index (κ3) is 4.74. The number of fused-ring (bicyclic) bond motifs is 2. The third-order valence-electron chi connectivity index (χ3n) is 5.44. The van der Waals surface area contributed by atoms with Crippen LogP contribution in [0.5, 0.6) is 0 Å². The maximum Gasteiger partial charge on any atom is 0.301 e. The fourth-order valence-corrected chi connectivity index (χ4v) is 3.91. The van der Waals surface area contributed by atoms with Gasteiger partial charge in [-0.25, -0.2) is 0 Å². The van der Waals surface area contributed by atoms with E-state index in [0.29, 0.717) is 5.69 Å². The molecule has 7 nitrogen and oxygen atoms in total. The minimum atomic E-state index is -0.202. The minimum absolute atomic E-state index is 0.197. The Balaban J connectivity index is 0.000000147. The van der Waals surface area contributed by atoms with Crippen LogP contribution >= 0.6 is 0 Å². The smallest absolute Gasteiger partial charge is 0.301 e. The van der Waals surface area contributed by atoms with E-state index in [1.807, 2.05) is 66.7 Å². The van der Waals surface area contributed by atoms with Crippen LogP contribution < -0.4 is 11.1 Å². The van der Waals surface area contributed by atoms with E-state index in [1.54, 1.807) is 12.5 Å². The fourth-order valence-electron chi connectivity index (χ4n) is 3.91. The molecule has 6 rings (SSSR count). The summed E-state index contributed by atoms with van der Waals surface area (Å²) in [7, 11) is 0. The van der Waals surface area contributed by atoms with Crippen molar-refractivity contribution in [2.24, 2.45) is 0 Å². The van der Waals surface area contributed by atoms with Crippen LogP contribution in [-0.2, 0) is 4.79 Å². The molecule has 0 saturated carbocycles. The highest BCUT2D eigenvalue weighted by molar-refractivity contribution is 5.96. The van der Waals surface area contributed by atoms with E-state index < -0.39 is 0 Å². The van der Waals surface area contributed by atoms with E-state index in [-0.39, 0.29) is 17.9 Å². The second-order valence-corrected chi connectivity index (χ2v) is 7.84. The molecule has 1 amide bonds. The number of hydrogen-bond donors (Lipinski definition) is 2. The lowest BCUT2D eigenvalue weighted by atomic mass is 10.0. The van der Waals surface area contributed by atoms with Gasteiger partial charge in [0.2, 0.25) is 5.91 Å². The number of nitrogens with zero attached hydrogens (tertiary/aromatic N) is 2. The topological polar surface area (TPSA) is 107 Å². The van der Waals surface area contributed by atoms with Gasteiger partial charge in [-0.05, 0) is 21.5 Å². The number of benzene rings is 4. The maximum atomic E-state index is 11.0. The number of rotatable bonds is 3. The van der Waals surface area contributed by atoms with E-state index in [2.05, 4.69) is 33.5 Å². The zero-order valence-electron chi connectivity index (χ0n) is 18.9. The average molecular weight is 463 g/mol. The molecule has 6 aromatic rings. The molecule has 0 bridgehead atoms. The summed E-state index contributed by atoms with van der Waals surface area (Å²) in [4.78, 5) is 19.4. The van der Waals surface area contributed by atoms with Crippen molar-refractivity contribution in [1.82, 2.24) is 9.97 Å². The molecule has 0 aliphatic rings. The lowest BCUT2D eigenvalue weighted by Crippen LogP contribution is -2.05. The molecular formula is C28H22N4O3. The number of nitrogens with one attached hydrogen (secondary N) is 1. The second kappa shape index (κ2) is 9.52. The Morgan fingerprint density at radius 1 is 0.714 bits per heavy atom. The van der Waals surface area contributed by atoms with Gasteiger partial charge in [0.15, 0.2) is 0 Å². The Kier molecular flexibility index (Phi) is 5.96. The number of anilines is 2. The molecule has 0 saturated heterocycles. The van der Waals surface area contributed by atoms with Crippen LogP contribution in [0.15, 0.2) is 106 Å². The summed E-state index contributed by atoms with van der Waals surface area (Å²) < 4.78 is 10.3. The van der Waals surface area contributed by atoms with Gasteiger partial charge in [0.05, 0.1) is 0 Å². The van der Waals surface area contributed by atoms with Crippen LogP contribution in [0.4, 0.5) is 12.0 Å². The van der Waals surface area contributed by atoms with Crippen molar-refractivity contribution in [2.75, 3.05) is 11.1 Å². The quantitative estimate of drug-likeness (QED) is 0.310. The summed E-state index contributed by atoms with van der Waals surface area (Å²) in [5, 5.41) is 7.11. The van der Waals surface area contributed by atoms with Gasteiger partial charge >= 0.3 is 6.01 Å². The van der Waals surface area contributed by atoms with Gasteiger partial charge in [-0.1, -0.05) is 84.9 Å². The third-order valence-corrected chi connectivity index (χ3v) is 5.44. The largest absolute Gasteiger partial charge is 0.432 e. The van der Waals surface area contributed by atoms with Crippen LogP contribution in [-0.4, -0.2) is 15.9 Å². The molecule has 0 unspecified atom stereocenters. The fraction of sp³-hybridized carbons (Fsp3) is 0.0357. The molecule has 4 aromatic carbocycles. The number of nitrogens with two attached hydrogens (primary N) is 1. The van der Waals surface area contributed by atoms with Gasteiger partial charge in [-0.2, -0.15) is 9.97 Å². The van der Waals surface area contributed by atoms with Gasteiger partial charge in [-0.15, -0.1) is 0 Å². The summed E-state index contributed by atoms with van der Waals surface area (Å²) in [6.07, 6.45) is 3.13. The molecular weight excluding hydrogens is 440 g/mol. The molecule has 0 fully saturated rings. The zero-order valence-corrected chi connectivity index (χ0v) is 18.9. The second-order valence-electron chi connectivity index (χ2n) is 7.84. The minimum Gasteiger partial charge on any atom is -0.432 e. The van der Waals surface area contributed by atoms with Crippen LogP contribution in [0.1, 0.15) is 6.92 Å². The molecule has 3 N–H and O–H groups in total. The standard InChI is InChI=1S/C15H12N2O2.C13H10N2O/c1-10(18)16-15-17-14(9-19-15)13-8-4-6-11-5-2-3-7-12(11)13;14-13-15-12(8-16-13)11-7-3-5-9-4-1-2-6-10(9)11/h2-9H,1H3,(H,16,17,18);1-8H,(H2,14,15). The molecule has 0 aliphatic carbocycles. The molecule has 0 spiro atoms. The van der Waals surface area contributed by atoms with Gasteiger partial charge in [-0.3, -0.25) is 10.1 Å². The SMILES string of the molecule is CC(=O)Nc1nc(-c2cccc3ccccc23)co1.Nc1nc(-c2cccc3ccccc23)co1. The van der Waals surface area contributed by atoms with Crippen molar-refractivity contribution in [3.63, 3.8) is 0 Å². The molecule has 7 heteroatoms. The highest BCUT2D eigenvalue weighted by Gasteiger charge is 2.10. The molecule has 0 atom stereocenters. The van der Waals surface area contributed by atoms with Crippen molar-refractivity contribution >= 4 is 39.5 Å². The summed E-state index contributed by atoms with van der Waals surface area (Å²) in [5.74, 6) is -0.202. The van der Waals surface area contributed by atoms with E-state index in [0.717, 1.165) is 33.0 Å². The van der Waals surface area contributed by atoms with Crippen LogP contribution in [0, 0.1) is 0 Å². The zero-order chi connectivity index (χ0) is 24.2. The lowest BCUT2D eigenvalue weighted by molar-refractivity contribution is -0.114. The number of amides is 1.